The molecule has 132 valence electrons. The second kappa shape index (κ2) is 6.59. The molecule has 6 heteroatoms. The van der Waals surface area contributed by atoms with Crippen molar-refractivity contribution in [3.8, 4) is 11.3 Å². The fourth-order valence-electron chi connectivity index (χ4n) is 3.60. The van der Waals surface area contributed by atoms with Crippen molar-refractivity contribution in [2.24, 2.45) is 12.8 Å². The van der Waals surface area contributed by atoms with Gasteiger partial charge in [-0.05, 0) is 23.3 Å². The van der Waals surface area contributed by atoms with Crippen LogP contribution < -0.4 is 5.73 Å². The van der Waals surface area contributed by atoms with E-state index in [1.165, 1.54) is 0 Å². The predicted molar refractivity (Wildman–Crippen MR) is 102 cm³/mol. The lowest BCUT2D eigenvalue weighted by Crippen LogP contribution is -2.34. The van der Waals surface area contributed by atoms with Crippen LogP contribution in [-0.2, 0) is 13.6 Å². The highest BCUT2D eigenvalue weighted by molar-refractivity contribution is 6.33. The van der Waals surface area contributed by atoms with Crippen LogP contribution in [0.15, 0.2) is 54.7 Å². The molecular formula is C20H19ClN4O. The number of carbonyl (C=O) groups is 1. The highest BCUT2D eigenvalue weighted by Gasteiger charge is 2.33. The third-order valence-corrected chi connectivity index (χ3v) is 5.17. The number of aromatic nitrogens is 2. The van der Waals surface area contributed by atoms with Gasteiger partial charge in [0.1, 0.15) is 0 Å². The Bertz CT molecular complexity index is 948. The number of nitrogens with zero attached hydrogens (tertiary/aromatic N) is 3. The van der Waals surface area contributed by atoms with Gasteiger partial charge in [-0.15, -0.1) is 0 Å². The molecule has 1 amide bonds. The van der Waals surface area contributed by atoms with Gasteiger partial charge in [-0.3, -0.25) is 9.48 Å². The maximum atomic E-state index is 12.9. The molecule has 0 radical (unpaired) electrons. The van der Waals surface area contributed by atoms with Crippen LogP contribution in [0.5, 0.6) is 0 Å². The zero-order valence-electron chi connectivity index (χ0n) is 14.4. The Morgan fingerprint density at radius 2 is 2.00 bits per heavy atom. The van der Waals surface area contributed by atoms with E-state index >= 15 is 0 Å². The van der Waals surface area contributed by atoms with Crippen LogP contribution in [0.25, 0.3) is 11.3 Å². The SMILES string of the molecule is Cn1ncc(Cl)c1-c1ccc2c(c1)CN([C@@H](CN)c1ccccc1)C2=O. The molecule has 0 aliphatic carbocycles. The van der Waals surface area contributed by atoms with E-state index < -0.39 is 0 Å². The van der Waals surface area contributed by atoms with E-state index in [4.69, 9.17) is 17.3 Å². The minimum absolute atomic E-state index is 0.0157. The van der Waals surface area contributed by atoms with E-state index in [1.54, 1.807) is 10.9 Å². The van der Waals surface area contributed by atoms with Crippen molar-refractivity contribution in [1.82, 2.24) is 14.7 Å². The first kappa shape index (κ1) is 16.8. The highest BCUT2D eigenvalue weighted by Crippen LogP contribution is 2.35. The molecule has 0 unspecified atom stereocenters. The summed E-state index contributed by atoms with van der Waals surface area (Å²) in [4.78, 5) is 14.8. The molecule has 0 spiro atoms. The average molecular weight is 367 g/mol. The number of nitrogens with two attached hydrogens (primary N) is 1. The molecular weight excluding hydrogens is 348 g/mol. The predicted octanol–water partition coefficient (Wildman–Crippen LogP) is 3.40. The van der Waals surface area contributed by atoms with Gasteiger partial charge in [0.05, 0.1) is 23.0 Å². The zero-order valence-corrected chi connectivity index (χ0v) is 15.1. The van der Waals surface area contributed by atoms with Crippen LogP contribution in [0.4, 0.5) is 0 Å². The number of rotatable bonds is 4. The maximum Gasteiger partial charge on any atom is 0.255 e. The number of amides is 1. The molecule has 2 N–H and O–H groups in total. The van der Waals surface area contributed by atoms with Crippen molar-refractivity contribution in [2.75, 3.05) is 6.54 Å². The van der Waals surface area contributed by atoms with Crippen molar-refractivity contribution >= 4 is 17.5 Å². The third-order valence-electron chi connectivity index (χ3n) is 4.89. The lowest BCUT2D eigenvalue weighted by Gasteiger charge is -2.27. The second-order valence-electron chi connectivity index (χ2n) is 6.43. The average Bonchev–Trinajstić information content (AvgIpc) is 3.16. The summed E-state index contributed by atoms with van der Waals surface area (Å²) in [5.41, 5.74) is 10.6. The van der Waals surface area contributed by atoms with Crippen LogP contribution in [0.2, 0.25) is 5.02 Å². The molecule has 0 bridgehead atoms. The highest BCUT2D eigenvalue weighted by atomic mass is 35.5. The van der Waals surface area contributed by atoms with Gasteiger partial charge in [0.2, 0.25) is 0 Å². The van der Waals surface area contributed by atoms with E-state index in [1.807, 2.05) is 60.5 Å². The fraction of sp³-hybridized carbons (Fsp3) is 0.200. The molecule has 2 heterocycles. The van der Waals surface area contributed by atoms with Crippen molar-refractivity contribution in [3.63, 3.8) is 0 Å². The minimum Gasteiger partial charge on any atom is -0.328 e. The Morgan fingerprint density at radius 3 is 2.65 bits per heavy atom. The Hall–Kier alpha value is -2.63. The Kier molecular flexibility index (Phi) is 4.26. The van der Waals surface area contributed by atoms with Gasteiger partial charge in [-0.1, -0.05) is 48.0 Å². The molecule has 1 aliphatic rings. The van der Waals surface area contributed by atoms with Crippen LogP contribution in [-0.4, -0.2) is 27.1 Å². The summed E-state index contributed by atoms with van der Waals surface area (Å²) in [5, 5.41) is 4.78. The summed E-state index contributed by atoms with van der Waals surface area (Å²) < 4.78 is 1.74. The van der Waals surface area contributed by atoms with Crippen molar-refractivity contribution in [1.29, 1.82) is 0 Å². The van der Waals surface area contributed by atoms with E-state index in [2.05, 4.69) is 5.10 Å². The molecule has 0 saturated carbocycles. The molecule has 2 aromatic carbocycles. The number of halogens is 1. The quantitative estimate of drug-likeness (QED) is 0.769. The molecule has 4 rings (SSSR count). The van der Waals surface area contributed by atoms with Gasteiger partial charge >= 0.3 is 0 Å². The first-order valence-corrected chi connectivity index (χ1v) is 8.84. The lowest BCUT2D eigenvalue weighted by molar-refractivity contribution is 0.0707. The number of benzene rings is 2. The summed E-state index contributed by atoms with van der Waals surface area (Å²) in [5.74, 6) is 0.0157. The molecule has 5 nitrogen and oxygen atoms in total. The molecule has 1 aliphatic heterocycles. The Balaban J connectivity index is 1.69. The van der Waals surface area contributed by atoms with Gasteiger partial charge < -0.3 is 10.6 Å². The number of aryl methyl sites for hydroxylation is 1. The van der Waals surface area contributed by atoms with Gasteiger partial charge in [0, 0.05) is 31.3 Å². The van der Waals surface area contributed by atoms with Gasteiger partial charge in [-0.25, -0.2) is 0 Å². The van der Waals surface area contributed by atoms with E-state index in [0.717, 1.165) is 27.9 Å². The van der Waals surface area contributed by atoms with Crippen LogP contribution in [0.1, 0.15) is 27.5 Å². The summed E-state index contributed by atoms with van der Waals surface area (Å²) >= 11 is 6.26. The zero-order chi connectivity index (χ0) is 18.3. The summed E-state index contributed by atoms with van der Waals surface area (Å²) in [6, 6.07) is 15.6. The van der Waals surface area contributed by atoms with E-state index in [9.17, 15) is 4.79 Å². The van der Waals surface area contributed by atoms with Crippen molar-refractivity contribution in [3.05, 3.63) is 76.4 Å². The normalized spacial score (nSPS) is 14.6. The van der Waals surface area contributed by atoms with E-state index in [-0.39, 0.29) is 11.9 Å². The number of fused-ring (bicyclic) bond motifs is 1. The van der Waals surface area contributed by atoms with Crippen LogP contribution in [0.3, 0.4) is 0 Å². The largest absolute Gasteiger partial charge is 0.328 e. The first-order chi connectivity index (χ1) is 12.6. The molecule has 26 heavy (non-hydrogen) atoms. The lowest BCUT2D eigenvalue weighted by atomic mass is 10.0. The standard InChI is InChI=1S/C20H19ClN4O/c1-24-19(17(21)11-23-24)14-7-8-16-15(9-14)12-25(20(16)26)18(10-22)13-5-3-2-4-6-13/h2-9,11,18H,10,12,22H2,1H3/t18-/m0/s1. The van der Waals surface area contributed by atoms with Crippen LogP contribution in [0, 0.1) is 0 Å². The Labute approximate surface area is 157 Å². The van der Waals surface area contributed by atoms with Crippen LogP contribution >= 0.6 is 11.6 Å². The minimum atomic E-state index is -0.139. The smallest absolute Gasteiger partial charge is 0.255 e. The summed E-state index contributed by atoms with van der Waals surface area (Å²) in [6.45, 7) is 0.915. The number of carbonyl (C=O) groups excluding carboxylic acids is 1. The van der Waals surface area contributed by atoms with E-state index in [0.29, 0.717) is 18.1 Å². The molecule has 1 aromatic heterocycles. The number of hydrogen-bond donors (Lipinski definition) is 1. The summed E-state index contributed by atoms with van der Waals surface area (Å²) in [7, 11) is 1.85. The van der Waals surface area contributed by atoms with Gasteiger partial charge in [-0.2, -0.15) is 5.10 Å². The monoisotopic (exact) mass is 366 g/mol. The van der Waals surface area contributed by atoms with Gasteiger partial charge in [0.25, 0.3) is 5.91 Å². The topological polar surface area (TPSA) is 64.2 Å². The second-order valence-corrected chi connectivity index (χ2v) is 6.84. The molecule has 1 atom stereocenters. The fourth-order valence-corrected chi connectivity index (χ4v) is 3.87. The third kappa shape index (κ3) is 2.69. The maximum absolute atomic E-state index is 12.9. The van der Waals surface area contributed by atoms with Crippen molar-refractivity contribution < 1.29 is 4.79 Å². The summed E-state index contributed by atoms with van der Waals surface area (Å²) in [6.07, 6.45) is 1.63. The molecule has 0 saturated heterocycles. The molecule has 3 aromatic rings. The van der Waals surface area contributed by atoms with Gasteiger partial charge in [0.15, 0.2) is 0 Å². The number of hydrogen-bond acceptors (Lipinski definition) is 3. The molecule has 0 fully saturated rings. The first-order valence-electron chi connectivity index (χ1n) is 8.47. The Morgan fingerprint density at radius 1 is 1.23 bits per heavy atom. The van der Waals surface area contributed by atoms with Crippen molar-refractivity contribution in [2.45, 2.75) is 12.6 Å².